The van der Waals surface area contributed by atoms with Crippen molar-refractivity contribution in [3.05, 3.63) is 34.9 Å². The van der Waals surface area contributed by atoms with Gasteiger partial charge in [0.1, 0.15) is 0 Å². The Hall–Kier alpha value is -1.35. The summed E-state index contributed by atoms with van der Waals surface area (Å²) in [5.74, 6) is -0.0873. The number of likely N-dealkylation sites (tertiary alicyclic amines) is 1. The van der Waals surface area contributed by atoms with Crippen LogP contribution >= 0.6 is 0 Å². The van der Waals surface area contributed by atoms with E-state index in [4.69, 9.17) is 4.74 Å². The van der Waals surface area contributed by atoms with E-state index in [1.165, 1.54) is 36.0 Å². The number of ether oxygens (including phenoxy) is 1. The highest BCUT2D eigenvalue weighted by atomic mass is 16.5. The molecule has 1 saturated heterocycles. The lowest BCUT2D eigenvalue weighted by Gasteiger charge is -2.36. The van der Waals surface area contributed by atoms with Crippen molar-refractivity contribution in [2.45, 2.75) is 52.5 Å². The van der Waals surface area contributed by atoms with Gasteiger partial charge < -0.3 is 4.74 Å². The fraction of sp³-hybridized carbons (Fsp3) is 0.611. The predicted octanol–water partition coefficient (Wildman–Crippen LogP) is 3.78. The second-order valence-electron chi connectivity index (χ2n) is 5.93. The third kappa shape index (κ3) is 4.07. The summed E-state index contributed by atoms with van der Waals surface area (Å²) in [6, 6.07) is 6.53. The third-order valence-electron chi connectivity index (χ3n) is 4.37. The highest BCUT2D eigenvalue weighted by Crippen LogP contribution is 2.32. The number of piperidine rings is 1. The van der Waals surface area contributed by atoms with Crippen molar-refractivity contribution < 1.29 is 9.53 Å². The molecule has 1 atom stereocenters. The van der Waals surface area contributed by atoms with Crippen molar-refractivity contribution in [1.82, 2.24) is 4.90 Å². The number of esters is 1. The van der Waals surface area contributed by atoms with E-state index in [9.17, 15) is 4.79 Å². The largest absolute Gasteiger partial charge is 0.466 e. The molecule has 1 fully saturated rings. The lowest BCUT2D eigenvalue weighted by molar-refractivity contribution is -0.144. The Morgan fingerprint density at radius 3 is 2.38 bits per heavy atom. The number of carbonyl (C=O) groups is 1. The zero-order valence-corrected chi connectivity index (χ0v) is 13.5. The molecule has 0 saturated carbocycles. The van der Waals surface area contributed by atoms with E-state index in [1.54, 1.807) is 0 Å². The van der Waals surface area contributed by atoms with Crippen LogP contribution in [0.15, 0.2) is 18.2 Å². The van der Waals surface area contributed by atoms with Gasteiger partial charge in [-0.05, 0) is 63.4 Å². The third-order valence-corrected chi connectivity index (χ3v) is 4.37. The zero-order chi connectivity index (χ0) is 15.2. The standard InChI is InChI=1S/C18H27NO2/c1-4-21-17(20)13-16(19-11-6-5-7-12-19)18-14(2)9-8-10-15(18)3/h8-10,16H,4-7,11-13H2,1-3H3. The summed E-state index contributed by atoms with van der Waals surface area (Å²) in [5, 5.41) is 0. The number of benzene rings is 1. The van der Waals surface area contributed by atoms with Gasteiger partial charge in [-0.2, -0.15) is 0 Å². The highest BCUT2D eigenvalue weighted by molar-refractivity contribution is 5.70. The minimum absolute atomic E-state index is 0.0873. The summed E-state index contributed by atoms with van der Waals surface area (Å²) in [4.78, 5) is 14.5. The van der Waals surface area contributed by atoms with E-state index >= 15 is 0 Å². The number of hydrogen-bond acceptors (Lipinski definition) is 3. The maximum absolute atomic E-state index is 12.0. The van der Waals surface area contributed by atoms with Crippen LogP contribution in [-0.2, 0) is 9.53 Å². The summed E-state index contributed by atoms with van der Waals surface area (Å²) < 4.78 is 5.20. The number of rotatable bonds is 5. The topological polar surface area (TPSA) is 29.5 Å². The molecule has 1 aromatic rings. The molecular weight excluding hydrogens is 262 g/mol. The first-order valence-electron chi connectivity index (χ1n) is 8.09. The van der Waals surface area contributed by atoms with E-state index in [0.717, 1.165) is 13.1 Å². The zero-order valence-electron chi connectivity index (χ0n) is 13.5. The highest BCUT2D eigenvalue weighted by Gasteiger charge is 2.27. The fourth-order valence-corrected chi connectivity index (χ4v) is 3.37. The van der Waals surface area contributed by atoms with Crippen LogP contribution in [-0.4, -0.2) is 30.6 Å². The summed E-state index contributed by atoms with van der Waals surface area (Å²) in [7, 11) is 0. The van der Waals surface area contributed by atoms with Gasteiger partial charge in [-0.1, -0.05) is 24.6 Å². The van der Waals surface area contributed by atoms with Crippen LogP contribution in [0.5, 0.6) is 0 Å². The molecule has 116 valence electrons. The van der Waals surface area contributed by atoms with Gasteiger partial charge in [0.05, 0.1) is 13.0 Å². The maximum atomic E-state index is 12.0. The lowest BCUT2D eigenvalue weighted by atomic mass is 9.91. The molecule has 0 aliphatic carbocycles. The van der Waals surface area contributed by atoms with Crippen molar-refractivity contribution >= 4 is 5.97 Å². The van der Waals surface area contributed by atoms with Crippen LogP contribution in [0.3, 0.4) is 0 Å². The SMILES string of the molecule is CCOC(=O)CC(c1c(C)cccc1C)N1CCCCC1. The molecule has 0 radical (unpaired) electrons. The minimum Gasteiger partial charge on any atom is -0.466 e. The average Bonchev–Trinajstić information content (AvgIpc) is 2.47. The van der Waals surface area contributed by atoms with Gasteiger partial charge in [-0.25, -0.2) is 0 Å². The van der Waals surface area contributed by atoms with E-state index in [-0.39, 0.29) is 12.0 Å². The second-order valence-corrected chi connectivity index (χ2v) is 5.93. The first-order valence-corrected chi connectivity index (χ1v) is 8.09. The summed E-state index contributed by atoms with van der Waals surface area (Å²) in [5.41, 5.74) is 3.86. The Labute approximate surface area is 128 Å². The Morgan fingerprint density at radius 2 is 1.81 bits per heavy atom. The molecule has 0 spiro atoms. The van der Waals surface area contributed by atoms with Gasteiger partial charge in [-0.15, -0.1) is 0 Å². The number of nitrogens with zero attached hydrogens (tertiary/aromatic N) is 1. The summed E-state index contributed by atoms with van der Waals surface area (Å²) >= 11 is 0. The van der Waals surface area contributed by atoms with Crippen LogP contribution in [0.2, 0.25) is 0 Å². The molecule has 2 rings (SSSR count). The lowest BCUT2D eigenvalue weighted by Crippen LogP contribution is -2.36. The molecule has 1 unspecified atom stereocenters. The first kappa shape index (κ1) is 16.0. The molecule has 0 amide bonds. The van der Waals surface area contributed by atoms with Crippen molar-refractivity contribution in [2.75, 3.05) is 19.7 Å². The normalized spacial score (nSPS) is 17.5. The molecule has 1 aliphatic heterocycles. The Kier molecular flexibility index (Phi) is 5.80. The van der Waals surface area contributed by atoms with Crippen LogP contribution < -0.4 is 0 Å². The van der Waals surface area contributed by atoms with E-state index in [0.29, 0.717) is 13.0 Å². The molecule has 21 heavy (non-hydrogen) atoms. The summed E-state index contributed by atoms with van der Waals surface area (Å²) in [6.07, 6.45) is 4.21. The average molecular weight is 289 g/mol. The van der Waals surface area contributed by atoms with E-state index in [1.807, 2.05) is 6.92 Å². The second kappa shape index (κ2) is 7.60. The molecule has 1 aromatic carbocycles. The molecule has 0 aromatic heterocycles. The van der Waals surface area contributed by atoms with Gasteiger partial charge >= 0.3 is 5.97 Å². The molecule has 0 bridgehead atoms. The van der Waals surface area contributed by atoms with Crippen molar-refractivity contribution in [3.8, 4) is 0 Å². The van der Waals surface area contributed by atoms with Gasteiger partial charge in [0.2, 0.25) is 0 Å². The molecule has 3 nitrogen and oxygen atoms in total. The van der Waals surface area contributed by atoms with Crippen molar-refractivity contribution in [3.63, 3.8) is 0 Å². The maximum Gasteiger partial charge on any atom is 0.307 e. The molecular formula is C18H27NO2. The number of aryl methyl sites for hydroxylation is 2. The van der Waals surface area contributed by atoms with Gasteiger partial charge in [0.15, 0.2) is 0 Å². The summed E-state index contributed by atoms with van der Waals surface area (Å²) in [6.45, 7) is 8.77. The van der Waals surface area contributed by atoms with E-state index in [2.05, 4.69) is 36.9 Å². The molecule has 3 heteroatoms. The van der Waals surface area contributed by atoms with Crippen LogP contribution in [0, 0.1) is 13.8 Å². The fourth-order valence-electron chi connectivity index (χ4n) is 3.37. The quantitative estimate of drug-likeness (QED) is 0.773. The number of carbonyl (C=O) groups excluding carboxylic acids is 1. The predicted molar refractivity (Wildman–Crippen MR) is 85.3 cm³/mol. The Bertz CT molecular complexity index is 458. The Morgan fingerprint density at radius 1 is 1.19 bits per heavy atom. The van der Waals surface area contributed by atoms with E-state index < -0.39 is 0 Å². The monoisotopic (exact) mass is 289 g/mol. The van der Waals surface area contributed by atoms with Crippen LogP contribution in [0.4, 0.5) is 0 Å². The van der Waals surface area contributed by atoms with Crippen molar-refractivity contribution in [1.29, 1.82) is 0 Å². The van der Waals surface area contributed by atoms with Crippen molar-refractivity contribution in [2.24, 2.45) is 0 Å². The van der Waals surface area contributed by atoms with Gasteiger partial charge in [-0.3, -0.25) is 9.69 Å². The molecule has 1 heterocycles. The number of hydrogen-bond donors (Lipinski definition) is 0. The Balaban J connectivity index is 2.28. The first-order chi connectivity index (χ1) is 10.1. The van der Waals surface area contributed by atoms with Gasteiger partial charge in [0.25, 0.3) is 0 Å². The minimum atomic E-state index is -0.0873. The molecule has 1 aliphatic rings. The smallest absolute Gasteiger partial charge is 0.307 e. The van der Waals surface area contributed by atoms with Crippen LogP contribution in [0.25, 0.3) is 0 Å². The van der Waals surface area contributed by atoms with Gasteiger partial charge in [0, 0.05) is 6.04 Å². The molecule has 0 N–H and O–H groups in total. The van der Waals surface area contributed by atoms with Crippen LogP contribution in [0.1, 0.15) is 55.3 Å².